The fourth-order valence-electron chi connectivity index (χ4n) is 8.72. The van der Waals surface area contributed by atoms with Crippen LogP contribution in [-0.2, 0) is 16.2 Å². The number of benzene rings is 7. The molecule has 0 saturated heterocycles. The van der Waals surface area contributed by atoms with Gasteiger partial charge in [-0.25, -0.2) is 4.98 Å². The summed E-state index contributed by atoms with van der Waals surface area (Å²) in [5, 5.41) is 2.19. The van der Waals surface area contributed by atoms with Gasteiger partial charge in [-0.1, -0.05) is 165 Å². The van der Waals surface area contributed by atoms with Crippen LogP contribution in [0.25, 0.3) is 49.9 Å². The van der Waals surface area contributed by atoms with Gasteiger partial charge < -0.3 is 14.5 Å². The maximum absolute atomic E-state index is 9.89. The predicted molar refractivity (Wildman–Crippen MR) is 274 cm³/mol. The van der Waals surface area contributed by atoms with Gasteiger partial charge in [0.25, 0.3) is 0 Å². The van der Waals surface area contributed by atoms with Gasteiger partial charge >= 0.3 is 0 Å². The molecule has 9 aromatic rings. The van der Waals surface area contributed by atoms with E-state index < -0.39 is 29.0 Å². The molecule has 0 saturated carbocycles. The molecule has 1 aliphatic heterocycles. The molecule has 7 aromatic carbocycles. The maximum Gasteiger partial charge on any atom is 0.137 e. The molecule has 0 fully saturated rings. The Morgan fingerprint density at radius 2 is 1.14 bits per heavy atom. The van der Waals surface area contributed by atoms with Crippen LogP contribution in [0.15, 0.2) is 176 Å². The van der Waals surface area contributed by atoms with Crippen LogP contribution < -0.4 is 14.5 Å². The smallest absolute Gasteiger partial charge is 0.137 e. The summed E-state index contributed by atoms with van der Waals surface area (Å²) in [7, 11) is 0. The summed E-state index contributed by atoms with van der Waals surface area (Å²) in [5.41, 5.74) is 6.79. The Labute approximate surface area is 395 Å². The highest BCUT2D eigenvalue weighted by atomic mass is 16.5. The lowest BCUT2D eigenvalue weighted by Gasteiger charge is -2.29. The highest BCUT2D eigenvalue weighted by molar-refractivity contribution is 6.09. The summed E-state index contributed by atoms with van der Waals surface area (Å²) < 4.78 is 82.6. The van der Waals surface area contributed by atoms with E-state index in [4.69, 9.17) is 13.8 Å². The number of pyridine rings is 1. The third-order valence-corrected chi connectivity index (χ3v) is 12.2. The molecule has 1 aliphatic rings. The minimum Gasteiger partial charge on any atom is -0.457 e. The van der Waals surface area contributed by atoms with Crippen LogP contribution >= 0.6 is 0 Å². The molecule has 2 aromatic heterocycles. The van der Waals surface area contributed by atoms with Crippen molar-refractivity contribution in [2.75, 3.05) is 16.5 Å². The van der Waals surface area contributed by atoms with Gasteiger partial charge in [-0.15, -0.1) is 0 Å². The monoisotopic (exact) mass is 859 g/mol. The zero-order valence-electron chi connectivity index (χ0n) is 46.5. The summed E-state index contributed by atoms with van der Waals surface area (Å²) in [4.78, 5) is 9.04. The average Bonchev–Trinajstić information content (AvgIpc) is 3.88. The van der Waals surface area contributed by atoms with E-state index in [9.17, 15) is 6.85 Å². The highest BCUT2D eigenvalue weighted by Crippen LogP contribution is 2.51. The lowest BCUT2D eigenvalue weighted by molar-refractivity contribution is 0.483. The molecule has 5 heteroatoms. The largest absolute Gasteiger partial charge is 0.457 e. The number of aromatic nitrogens is 2. The first-order chi connectivity index (χ1) is 34.5. The average molecular weight is 859 g/mol. The third kappa shape index (κ3) is 7.84. The molecule has 0 bridgehead atoms. The van der Waals surface area contributed by atoms with Crippen molar-refractivity contribution in [3.63, 3.8) is 0 Å². The van der Waals surface area contributed by atoms with Crippen molar-refractivity contribution >= 4 is 44.6 Å². The van der Waals surface area contributed by atoms with Crippen molar-refractivity contribution in [2.45, 2.75) is 78.6 Å². The number of anilines is 4. The van der Waals surface area contributed by atoms with E-state index in [1.54, 1.807) is 12.1 Å². The van der Waals surface area contributed by atoms with Crippen molar-refractivity contribution in [3.8, 4) is 39.6 Å². The molecule has 5 nitrogen and oxygen atoms in total. The molecule has 0 N–H and O–H groups in total. The fourth-order valence-corrected chi connectivity index (χ4v) is 8.72. The first kappa shape index (κ1) is 33.4. The van der Waals surface area contributed by atoms with E-state index in [1.807, 2.05) is 125 Å². The number of ether oxygens (including phenoxy) is 1. The first-order valence-electron chi connectivity index (χ1n) is 26.2. The molecule has 10 rings (SSSR count). The van der Waals surface area contributed by atoms with Crippen LogP contribution in [0.2, 0.25) is 0 Å². The number of fused-ring (bicyclic) bond motifs is 4. The Balaban J connectivity index is 1.13. The Hall–Kier alpha value is -7.11. The second-order valence-corrected chi connectivity index (χ2v) is 20.0. The highest BCUT2D eigenvalue weighted by Gasteiger charge is 2.32. The topological polar surface area (TPSA) is 33.5 Å². The summed E-state index contributed by atoms with van der Waals surface area (Å²) in [6.45, 7) is 18.6. The maximum atomic E-state index is 9.89. The number of para-hydroxylation sites is 4. The van der Waals surface area contributed by atoms with E-state index in [-0.39, 0.29) is 47.9 Å². The van der Waals surface area contributed by atoms with Crippen molar-refractivity contribution in [1.82, 2.24) is 9.55 Å². The lowest BCUT2D eigenvalue weighted by atomic mass is 9.78. The SMILES string of the molecule is [2H]c1c([2H])c([2H])c(-c2cccc(-c3c([2H])c(C(C)(C)C)c([2H])c(C(C)(C)C)c3[2H])c2N2CN(c3cccc(Oc4ccc5c6ccccc6n(-c6cc(C(C)(C)C)ccn6)c5c4)c3)c3ccccc32)c([2H])c1[2H]. The normalized spacial score (nSPS) is 14.9. The molecular weight excluding hydrogens is 793 g/mol. The van der Waals surface area contributed by atoms with Crippen LogP contribution in [0.5, 0.6) is 11.5 Å². The van der Waals surface area contributed by atoms with Gasteiger partial charge in [-0.3, -0.25) is 4.57 Å². The number of rotatable bonds is 7. The first-order valence-corrected chi connectivity index (χ1v) is 22.2. The summed E-state index contributed by atoms with van der Waals surface area (Å²) in [6.07, 6.45) is 1.87. The van der Waals surface area contributed by atoms with Crippen LogP contribution in [-0.4, -0.2) is 16.2 Å². The lowest BCUT2D eigenvalue weighted by Crippen LogP contribution is -2.25. The Bertz CT molecular complexity index is 3640. The summed E-state index contributed by atoms with van der Waals surface area (Å²) in [5.74, 6) is 2.06. The molecule has 0 spiro atoms. The molecular formula is C60H58N4O. The zero-order valence-corrected chi connectivity index (χ0v) is 38.5. The van der Waals surface area contributed by atoms with E-state index in [0.29, 0.717) is 45.0 Å². The van der Waals surface area contributed by atoms with Crippen LogP contribution in [0.4, 0.5) is 22.7 Å². The molecule has 3 heterocycles. The molecule has 0 amide bonds. The van der Waals surface area contributed by atoms with Gasteiger partial charge in [0.2, 0.25) is 0 Å². The van der Waals surface area contributed by atoms with Gasteiger partial charge in [0.15, 0.2) is 0 Å². The van der Waals surface area contributed by atoms with Crippen molar-refractivity contribution in [2.24, 2.45) is 0 Å². The summed E-state index contributed by atoms with van der Waals surface area (Å²) in [6, 6.07) is 37.9. The molecule has 65 heavy (non-hydrogen) atoms. The van der Waals surface area contributed by atoms with E-state index in [1.165, 1.54) is 5.56 Å². The van der Waals surface area contributed by atoms with Crippen molar-refractivity contribution in [1.29, 1.82) is 0 Å². The van der Waals surface area contributed by atoms with Gasteiger partial charge in [0, 0.05) is 45.9 Å². The van der Waals surface area contributed by atoms with Crippen molar-refractivity contribution in [3.05, 3.63) is 193 Å². The van der Waals surface area contributed by atoms with Gasteiger partial charge in [0.1, 0.15) is 24.0 Å². The van der Waals surface area contributed by atoms with E-state index in [0.717, 1.165) is 44.7 Å². The van der Waals surface area contributed by atoms with Crippen molar-refractivity contribution < 1.29 is 15.7 Å². The molecule has 0 radical (unpaired) electrons. The predicted octanol–water partition coefficient (Wildman–Crippen LogP) is 16.4. The number of hydrogen-bond donors (Lipinski definition) is 0. The van der Waals surface area contributed by atoms with Crippen LogP contribution in [0.1, 0.15) is 90.0 Å². The molecule has 324 valence electrons. The second kappa shape index (κ2) is 15.8. The Morgan fingerprint density at radius 1 is 0.523 bits per heavy atom. The molecule has 0 unspecified atom stereocenters. The number of nitrogens with zero attached hydrogens (tertiary/aromatic N) is 4. The van der Waals surface area contributed by atoms with Crippen LogP contribution in [0.3, 0.4) is 0 Å². The van der Waals surface area contributed by atoms with Gasteiger partial charge in [-0.05, 0) is 98.7 Å². The zero-order chi connectivity index (χ0) is 52.2. The van der Waals surface area contributed by atoms with Gasteiger partial charge in [-0.2, -0.15) is 0 Å². The van der Waals surface area contributed by atoms with Crippen LogP contribution in [0, 0.1) is 0 Å². The third-order valence-electron chi connectivity index (χ3n) is 12.2. The minimum absolute atomic E-state index is 0.00476. The minimum atomic E-state index is -0.648. The standard InChI is InChI=1S/C60H58N4O/c1-58(2,3)42-31-32-61-56(36-42)64-52-26-14-13-23-50(52)51-30-29-47(38-55(51)64)65-46-22-17-21-45(37-46)62-39-63(54-28-16-15-27-53(54)62)57-48(40-19-11-10-12-20-40)24-18-25-49(57)41-33-43(59(4,5)6)35-44(34-41)60(7,8)9/h10-38H,39H2,1-9H3/i10D,11D,12D,19D,20D,33D,34D,35D. The van der Waals surface area contributed by atoms with E-state index in [2.05, 4.69) is 66.6 Å². The fraction of sp³-hybridized carbons (Fsp3) is 0.217. The molecule has 0 atom stereocenters. The quantitative estimate of drug-likeness (QED) is 0.160. The summed E-state index contributed by atoms with van der Waals surface area (Å²) >= 11 is 0. The Kier molecular flexibility index (Phi) is 8.15. The Morgan fingerprint density at radius 3 is 1.85 bits per heavy atom. The van der Waals surface area contributed by atoms with Gasteiger partial charge in [0.05, 0.1) is 39.1 Å². The molecule has 0 aliphatic carbocycles. The number of hydrogen-bond acceptors (Lipinski definition) is 4. The van der Waals surface area contributed by atoms with E-state index >= 15 is 0 Å². The second-order valence-electron chi connectivity index (χ2n) is 20.0.